The number of anilines is 1. The molecule has 1 fully saturated rings. The van der Waals surface area contributed by atoms with Crippen molar-refractivity contribution in [1.29, 1.82) is 0 Å². The molecule has 0 unspecified atom stereocenters. The van der Waals surface area contributed by atoms with Gasteiger partial charge in [0.2, 0.25) is 5.91 Å². The Bertz CT molecular complexity index is 540. The smallest absolute Gasteiger partial charge is 0.246 e. The van der Waals surface area contributed by atoms with E-state index in [-0.39, 0.29) is 36.4 Å². The summed E-state index contributed by atoms with van der Waals surface area (Å²) in [5, 5.41) is 6.10. The first-order chi connectivity index (χ1) is 11.2. The lowest BCUT2D eigenvalue weighted by Crippen LogP contribution is -2.40. The number of hydrogen-bond acceptors (Lipinski definition) is 2. The van der Waals surface area contributed by atoms with Crippen LogP contribution in [0.3, 0.4) is 0 Å². The van der Waals surface area contributed by atoms with Crippen molar-refractivity contribution in [2.75, 3.05) is 11.9 Å². The number of benzene rings is 1. The van der Waals surface area contributed by atoms with Crippen LogP contribution in [0.15, 0.2) is 29.3 Å². The largest absolute Gasteiger partial charge is 0.370 e. The van der Waals surface area contributed by atoms with Gasteiger partial charge in [-0.25, -0.2) is 4.99 Å². The first-order valence-corrected chi connectivity index (χ1v) is 8.62. The summed E-state index contributed by atoms with van der Waals surface area (Å²) in [5.74, 6) is 0.221. The number of rotatable bonds is 5. The van der Waals surface area contributed by atoms with Gasteiger partial charge in [-0.15, -0.1) is 24.0 Å². The van der Waals surface area contributed by atoms with Gasteiger partial charge in [0.1, 0.15) is 6.54 Å². The van der Waals surface area contributed by atoms with Crippen molar-refractivity contribution in [1.82, 2.24) is 5.32 Å². The first kappa shape index (κ1) is 20.7. The van der Waals surface area contributed by atoms with Crippen molar-refractivity contribution >= 4 is 41.5 Å². The van der Waals surface area contributed by atoms with Gasteiger partial charge >= 0.3 is 0 Å². The quantitative estimate of drug-likeness (QED) is 0.282. The van der Waals surface area contributed by atoms with Crippen molar-refractivity contribution in [3.05, 3.63) is 29.8 Å². The van der Waals surface area contributed by atoms with Gasteiger partial charge in [0, 0.05) is 11.7 Å². The average molecular weight is 444 g/mol. The Hall–Kier alpha value is -1.31. The van der Waals surface area contributed by atoms with Crippen LogP contribution in [0.4, 0.5) is 5.69 Å². The SMILES string of the molecule is CCc1cccc(NC(=O)CN=C(N)NC2CCCCCC2)c1.I. The zero-order chi connectivity index (χ0) is 16.5. The number of hydrogen-bond donors (Lipinski definition) is 3. The Morgan fingerprint density at radius 1 is 1.25 bits per heavy atom. The summed E-state index contributed by atoms with van der Waals surface area (Å²) in [6.45, 7) is 2.13. The molecule has 0 heterocycles. The third kappa shape index (κ3) is 7.51. The van der Waals surface area contributed by atoms with E-state index in [0.717, 1.165) is 24.9 Å². The van der Waals surface area contributed by atoms with Crippen LogP contribution in [0.25, 0.3) is 0 Å². The second-order valence-corrected chi connectivity index (χ2v) is 6.14. The predicted molar refractivity (Wildman–Crippen MR) is 111 cm³/mol. The number of carbonyl (C=O) groups excluding carboxylic acids is 1. The number of halogens is 1. The third-order valence-electron chi connectivity index (χ3n) is 4.22. The Balaban J connectivity index is 0.00000288. The van der Waals surface area contributed by atoms with Crippen LogP contribution in [-0.4, -0.2) is 24.5 Å². The highest BCUT2D eigenvalue weighted by molar-refractivity contribution is 14.0. The van der Waals surface area contributed by atoms with E-state index >= 15 is 0 Å². The van der Waals surface area contributed by atoms with Crippen LogP contribution >= 0.6 is 24.0 Å². The summed E-state index contributed by atoms with van der Waals surface area (Å²) in [6, 6.07) is 8.25. The average Bonchev–Trinajstić information content (AvgIpc) is 2.82. The van der Waals surface area contributed by atoms with Crippen molar-refractivity contribution in [2.24, 2.45) is 10.7 Å². The fourth-order valence-corrected chi connectivity index (χ4v) is 2.90. The Labute approximate surface area is 161 Å². The summed E-state index contributed by atoms with van der Waals surface area (Å²) < 4.78 is 0. The molecule has 0 spiro atoms. The maximum Gasteiger partial charge on any atom is 0.246 e. The standard InChI is InChI=1S/C18H28N4O.HI/c1-2-14-8-7-11-16(12-14)21-17(23)13-20-18(19)22-15-9-5-3-4-6-10-15;/h7-8,11-12,15H,2-6,9-10,13H2,1H3,(H,21,23)(H3,19,20,22);1H. The van der Waals surface area contributed by atoms with E-state index in [2.05, 4.69) is 22.5 Å². The predicted octanol–water partition coefficient (Wildman–Crippen LogP) is 3.43. The van der Waals surface area contributed by atoms with Gasteiger partial charge in [-0.2, -0.15) is 0 Å². The Morgan fingerprint density at radius 3 is 2.62 bits per heavy atom. The molecule has 0 radical (unpaired) electrons. The van der Waals surface area contributed by atoms with Crippen LogP contribution < -0.4 is 16.4 Å². The number of nitrogens with zero attached hydrogens (tertiary/aromatic N) is 1. The van der Waals surface area contributed by atoms with Gasteiger partial charge in [0.05, 0.1) is 0 Å². The van der Waals surface area contributed by atoms with Gasteiger partial charge < -0.3 is 16.4 Å². The molecule has 1 aromatic rings. The molecular weight excluding hydrogens is 415 g/mol. The molecule has 2 rings (SSSR count). The number of nitrogens with two attached hydrogens (primary N) is 1. The van der Waals surface area contributed by atoms with Crippen molar-refractivity contribution in [2.45, 2.75) is 57.9 Å². The molecule has 0 aliphatic heterocycles. The minimum Gasteiger partial charge on any atom is -0.370 e. The van der Waals surface area contributed by atoms with E-state index in [1.165, 1.54) is 31.2 Å². The molecule has 1 aliphatic carbocycles. The molecule has 134 valence electrons. The highest BCUT2D eigenvalue weighted by Crippen LogP contribution is 2.17. The Morgan fingerprint density at radius 2 is 1.96 bits per heavy atom. The van der Waals surface area contributed by atoms with Gasteiger partial charge in [-0.1, -0.05) is 44.7 Å². The number of carbonyl (C=O) groups is 1. The van der Waals surface area contributed by atoms with E-state index in [0.29, 0.717) is 12.0 Å². The third-order valence-corrected chi connectivity index (χ3v) is 4.22. The second-order valence-electron chi connectivity index (χ2n) is 6.14. The summed E-state index contributed by atoms with van der Waals surface area (Å²) in [7, 11) is 0. The highest BCUT2D eigenvalue weighted by atomic mass is 127. The number of aliphatic imine (C=N–C) groups is 1. The molecule has 1 aromatic carbocycles. The number of guanidine groups is 1. The highest BCUT2D eigenvalue weighted by Gasteiger charge is 2.12. The molecule has 0 saturated heterocycles. The molecule has 0 bridgehead atoms. The molecule has 4 N–H and O–H groups in total. The maximum atomic E-state index is 12.0. The van der Waals surface area contributed by atoms with Crippen LogP contribution in [0, 0.1) is 0 Å². The van der Waals surface area contributed by atoms with Crippen LogP contribution in [-0.2, 0) is 11.2 Å². The first-order valence-electron chi connectivity index (χ1n) is 8.62. The summed E-state index contributed by atoms with van der Waals surface area (Å²) >= 11 is 0. The van der Waals surface area contributed by atoms with E-state index in [1.54, 1.807) is 0 Å². The fourth-order valence-electron chi connectivity index (χ4n) is 2.90. The van der Waals surface area contributed by atoms with E-state index in [1.807, 2.05) is 24.3 Å². The molecule has 0 aromatic heterocycles. The molecular formula is C18H29IN4O. The van der Waals surface area contributed by atoms with E-state index in [9.17, 15) is 4.79 Å². The van der Waals surface area contributed by atoms with Gasteiger partial charge in [-0.05, 0) is 37.0 Å². The summed E-state index contributed by atoms with van der Waals surface area (Å²) in [6.07, 6.45) is 8.28. The fraction of sp³-hybridized carbons (Fsp3) is 0.556. The zero-order valence-corrected chi connectivity index (χ0v) is 16.7. The molecule has 1 amide bonds. The zero-order valence-electron chi connectivity index (χ0n) is 14.4. The Kier molecular flexibility index (Phi) is 9.75. The second kappa shape index (κ2) is 11.3. The minimum absolute atomic E-state index is 0. The normalized spacial score (nSPS) is 16.0. The van der Waals surface area contributed by atoms with Gasteiger partial charge in [-0.3, -0.25) is 4.79 Å². The maximum absolute atomic E-state index is 12.0. The summed E-state index contributed by atoms with van der Waals surface area (Å²) in [4.78, 5) is 16.1. The molecule has 1 aliphatic rings. The van der Waals surface area contributed by atoms with Crippen molar-refractivity contribution in [3.8, 4) is 0 Å². The lowest BCUT2D eigenvalue weighted by Gasteiger charge is -2.16. The number of amides is 1. The topological polar surface area (TPSA) is 79.5 Å². The molecule has 0 atom stereocenters. The minimum atomic E-state index is -0.149. The molecule has 5 nitrogen and oxygen atoms in total. The monoisotopic (exact) mass is 444 g/mol. The van der Waals surface area contributed by atoms with Crippen LogP contribution in [0.2, 0.25) is 0 Å². The van der Waals surface area contributed by atoms with Crippen LogP contribution in [0.5, 0.6) is 0 Å². The molecule has 1 saturated carbocycles. The van der Waals surface area contributed by atoms with Crippen molar-refractivity contribution < 1.29 is 4.79 Å². The summed E-state index contributed by atoms with van der Waals surface area (Å²) in [5.41, 5.74) is 7.90. The van der Waals surface area contributed by atoms with Crippen LogP contribution in [0.1, 0.15) is 51.0 Å². The molecule has 6 heteroatoms. The number of nitrogens with one attached hydrogen (secondary N) is 2. The van der Waals surface area contributed by atoms with Crippen molar-refractivity contribution in [3.63, 3.8) is 0 Å². The lowest BCUT2D eigenvalue weighted by atomic mass is 10.1. The van der Waals surface area contributed by atoms with E-state index < -0.39 is 0 Å². The van der Waals surface area contributed by atoms with E-state index in [4.69, 9.17) is 5.73 Å². The van der Waals surface area contributed by atoms with Gasteiger partial charge in [0.25, 0.3) is 0 Å². The molecule has 24 heavy (non-hydrogen) atoms. The van der Waals surface area contributed by atoms with Gasteiger partial charge in [0.15, 0.2) is 5.96 Å². The lowest BCUT2D eigenvalue weighted by molar-refractivity contribution is -0.114. The number of aryl methyl sites for hydroxylation is 1.